The van der Waals surface area contributed by atoms with Crippen molar-refractivity contribution in [2.45, 2.75) is 45.2 Å². The van der Waals surface area contributed by atoms with Crippen LogP contribution in [-0.4, -0.2) is 40.1 Å². The van der Waals surface area contributed by atoms with Crippen LogP contribution >= 0.6 is 0 Å². The molecule has 0 spiro atoms. The highest BCUT2D eigenvalue weighted by atomic mass is 16.5. The average molecular weight is 400 g/mol. The lowest BCUT2D eigenvalue weighted by molar-refractivity contribution is -0.148. The van der Waals surface area contributed by atoms with Crippen LogP contribution in [0.3, 0.4) is 0 Å². The number of fused-ring (bicyclic) bond motifs is 1. The fourth-order valence-corrected chi connectivity index (χ4v) is 3.45. The number of benzene rings is 1. The first-order valence-electron chi connectivity index (χ1n) is 9.64. The van der Waals surface area contributed by atoms with Crippen molar-refractivity contribution in [3.8, 4) is 0 Å². The van der Waals surface area contributed by atoms with Gasteiger partial charge in [0, 0.05) is 6.04 Å². The molecule has 0 aliphatic heterocycles. The van der Waals surface area contributed by atoms with Gasteiger partial charge in [0.1, 0.15) is 6.54 Å². The second-order valence-corrected chi connectivity index (χ2v) is 7.25. The molecule has 0 bridgehead atoms. The molecule has 1 aromatic heterocycles. The molecule has 154 valence electrons. The van der Waals surface area contributed by atoms with E-state index in [1.54, 1.807) is 24.3 Å². The van der Waals surface area contributed by atoms with E-state index in [2.05, 4.69) is 22.5 Å². The van der Waals surface area contributed by atoms with Gasteiger partial charge in [-0.3, -0.25) is 24.3 Å². The third kappa shape index (κ3) is 5.40. The van der Waals surface area contributed by atoms with E-state index in [1.165, 1.54) is 6.33 Å². The number of ether oxygens (including phenoxy) is 1. The third-order valence-corrected chi connectivity index (χ3v) is 5.08. The van der Waals surface area contributed by atoms with Crippen molar-refractivity contribution in [3.63, 3.8) is 0 Å². The maximum atomic E-state index is 12.3. The Bertz CT molecular complexity index is 971. The monoisotopic (exact) mass is 400 g/mol. The molecule has 1 fully saturated rings. The molecule has 2 atom stereocenters. The Balaban J connectivity index is 1.46. The van der Waals surface area contributed by atoms with E-state index in [0.29, 0.717) is 16.8 Å². The van der Waals surface area contributed by atoms with Crippen molar-refractivity contribution in [1.82, 2.24) is 20.2 Å². The number of rotatable bonds is 5. The maximum absolute atomic E-state index is 12.3. The second-order valence-electron chi connectivity index (χ2n) is 7.25. The van der Waals surface area contributed by atoms with Crippen molar-refractivity contribution >= 4 is 28.8 Å². The molecule has 1 saturated carbocycles. The van der Waals surface area contributed by atoms with Gasteiger partial charge in [-0.2, -0.15) is 0 Å². The highest BCUT2D eigenvalue weighted by Crippen LogP contribution is 2.23. The number of nitrogens with one attached hydrogen (secondary N) is 2. The lowest BCUT2D eigenvalue weighted by atomic mass is 9.86. The van der Waals surface area contributed by atoms with Gasteiger partial charge in [-0.15, -0.1) is 0 Å². The average Bonchev–Trinajstić information content (AvgIpc) is 2.70. The van der Waals surface area contributed by atoms with Gasteiger partial charge in [0.05, 0.1) is 17.2 Å². The number of carbonyl (C=O) groups is 3. The summed E-state index contributed by atoms with van der Waals surface area (Å²) in [6, 6.07) is 6.22. The molecule has 1 aromatic carbocycles. The van der Waals surface area contributed by atoms with Crippen molar-refractivity contribution in [2.24, 2.45) is 5.92 Å². The third-order valence-electron chi connectivity index (χ3n) is 5.08. The van der Waals surface area contributed by atoms with E-state index in [4.69, 9.17) is 4.74 Å². The second kappa shape index (κ2) is 9.31. The molecular weight excluding hydrogens is 376 g/mol. The van der Waals surface area contributed by atoms with Gasteiger partial charge in [0.15, 0.2) is 6.61 Å². The summed E-state index contributed by atoms with van der Waals surface area (Å²) in [4.78, 5) is 52.2. The first-order valence-corrected chi connectivity index (χ1v) is 9.64. The maximum Gasteiger partial charge on any atom is 0.326 e. The van der Waals surface area contributed by atoms with Gasteiger partial charge in [-0.05, 0) is 30.9 Å². The molecule has 29 heavy (non-hydrogen) atoms. The topological polar surface area (TPSA) is 119 Å². The lowest BCUT2D eigenvalue weighted by Gasteiger charge is -2.29. The van der Waals surface area contributed by atoms with E-state index in [9.17, 15) is 19.2 Å². The smallest absolute Gasteiger partial charge is 0.326 e. The van der Waals surface area contributed by atoms with E-state index in [-0.39, 0.29) is 18.1 Å². The van der Waals surface area contributed by atoms with Gasteiger partial charge in [-0.1, -0.05) is 31.9 Å². The number of imide groups is 1. The largest absolute Gasteiger partial charge is 0.454 e. The number of esters is 1. The number of carbonyl (C=O) groups excluding carboxylic acids is 3. The summed E-state index contributed by atoms with van der Waals surface area (Å²) in [5, 5.41) is 5.33. The van der Waals surface area contributed by atoms with Gasteiger partial charge in [-0.25, -0.2) is 9.78 Å². The highest BCUT2D eigenvalue weighted by Gasteiger charge is 2.23. The van der Waals surface area contributed by atoms with Crippen LogP contribution in [0.25, 0.3) is 10.9 Å². The standard InChI is InChI=1S/C20H24N4O5/c1-13-6-2-4-8-15(13)22-20(28)23-17(25)11-29-18(26)10-24-12-21-16-9-5-3-7-14(16)19(24)27/h3,5,7,9,12-13,15H,2,4,6,8,10-11H2,1H3,(H2,22,23,25,28)/t13-,15-/m0/s1. The Labute approximate surface area is 167 Å². The molecule has 0 saturated heterocycles. The van der Waals surface area contributed by atoms with E-state index in [0.717, 1.165) is 30.3 Å². The Morgan fingerprint density at radius 1 is 1.21 bits per heavy atom. The fraction of sp³-hybridized carbons (Fsp3) is 0.450. The number of urea groups is 1. The predicted octanol–water partition coefficient (Wildman–Crippen LogP) is 1.34. The summed E-state index contributed by atoms with van der Waals surface area (Å²) < 4.78 is 5.98. The van der Waals surface area contributed by atoms with Crippen LogP contribution in [0.4, 0.5) is 4.79 Å². The molecule has 2 N–H and O–H groups in total. The van der Waals surface area contributed by atoms with Crippen LogP contribution < -0.4 is 16.2 Å². The molecular formula is C20H24N4O5. The van der Waals surface area contributed by atoms with Crippen molar-refractivity contribution in [3.05, 3.63) is 40.9 Å². The van der Waals surface area contributed by atoms with Gasteiger partial charge in [0.25, 0.3) is 11.5 Å². The van der Waals surface area contributed by atoms with Gasteiger partial charge in [0.2, 0.25) is 0 Å². The number of hydrogen-bond acceptors (Lipinski definition) is 6. The number of para-hydroxylation sites is 1. The lowest BCUT2D eigenvalue weighted by Crippen LogP contribution is -2.48. The van der Waals surface area contributed by atoms with Crippen LogP contribution in [-0.2, 0) is 20.9 Å². The van der Waals surface area contributed by atoms with Crippen LogP contribution in [0.1, 0.15) is 32.6 Å². The number of nitrogens with zero attached hydrogens (tertiary/aromatic N) is 2. The van der Waals surface area contributed by atoms with Crippen molar-refractivity contribution < 1.29 is 19.1 Å². The quantitative estimate of drug-likeness (QED) is 0.731. The summed E-state index contributed by atoms with van der Waals surface area (Å²) in [6.45, 7) is 1.08. The zero-order chi connectivity index (χ0) is 20.8. The Morgan fingerprint density at radius 3 is 2.76 bits per heavy atom. The van der Waals surface area contributed by atoms with Crippen LogP contribution in [0.15, 0.2) is 35.4 Å². The predicted molar refractivity (Wildman–Crippen MR) is 105 cm³/mol. The van der Waals surface area contributed by atoms with Gasteiger partial charge < -0.3 is 10.1 Å². The summed E-state index contributed by atoms with van der Waals surface area (Å²) in [6.07, 6.45) is 5.37. The zero-order valence-corrected chi connectivity index (χ0v) is 16.2. The number of hydrogen-bond donors (Lipinski definition) is 2. The van der Waals surface area contributed by atoms with Crippen LogP contribution in [0, 0.1) is 5.92 Å². The molecule has 2 aromatic rings. The normalized spacial score (nSPS) is 18.8. The number of amides is 3. The Kier molecular flexibility index (Phi) is 6.58. The van der Waals surface area contributed by atoms with E-state index >= 15 is 0 Å². The van der Waals surface area contributed by atoms with Crippen LogP contribution in [0.5, 0.6) is 0 Å². The molecule has 1 heterocycles. The summed E-state index contributed by atoms with van der Waals surface area (Å²) in [5.41, 5.74) is 0.151. The Morgan fingerprint density at radius 2 is 1.97 bits per heavy atom. The highest BCUT2D eigenvalue weighted by molar-refractivity contribution is 5.95. The van der Waals surface area contributed by atoms with Crippen molar-refractivity contribution in [1.29, 1.82) is 0 Å². The van der Waals surface area contributed by atoms with E-state index in [1.807, 2.05) is 0 Å². The summed E-state index contributed by atoms with van der Waals surface area (Å²) in [7, 11) is 0. The Hall–Kier alpha value is -3.23. The van der Waals surface area contributed by atoms with Gasteiger partial charge >= 0.3 is 12.0 Å². The molecule has 1 aliphatic rings. The molecule has 0 radical (unpaired) electrons. The van der Waals surface area contributed by atoms with Crippen LogP contribution in [0.2, 0.25) is 0 Å². The molecule has 1 aliphatic carbocycles. The molecule has 0 unspecified atom stereocenters. The number of aromatic nitrogens is 2. The summed E-state index contributed by atoms with van der Waals surface area (Å²) in [5.74, 6) is -1.15. The molecule has 3 rings (SSSR count). The molecule has 3 amide bonds. The molecule has 9 nitrogen and oxygen atoms in total. The minimum absolute atomic E-state index is 0.0337. The first-order chi connectivity index (χ1) is 13.9. The zero-order valence-electron chi connectivity index (χ0n) is 16.2. The SMILES string of the molecule is C[C@H]1CCCC[C@@H]1NC(=O)NC(=O)COC(=O)Cn1cnc2ccccc2c1=O. The van der Waals surface area contributed by atoms with Crippen molar-refractivity contribution in [2.75, 3.05) is 6.61 Å². The minimum atomic E-state index is -0.777. The molecule has 9 heteroatoms. The first kappa shape index (κ1) is 20.5. The summed E-state index contributed by atoms with van der Waals surface area (Å²) >= 11 is 0. The van der Waals surface area contributed by atoms with E-state index < -0.39 is 24.5 Å². The fourth-order valence-electron chi connectivity index (χ4n) is 3.45. The minimum Gasteiger partial charge on any atom is -0.454 e.